The average molecular weight is 294 g/mol. The number of carbonyl (C=O) groups excluding carboxylic acids is 2. The minimum atomic E-state index is -0.293. The third kappa shape index (κ3) is 5.15. The van der Waals surface area contributed by atoms with Crippen molar-refractivity contribution in [3.63, 3.8) is 0 Å². The van der Waals surface area contributed by atoms with Gasteiger partial charge in [0.2, 0.25) is 11.8 Å². The molecule has 1 saturated heterocycles. The smallest absolute Gasteiger partial charge is 0.248 e. The Balaban J connectivity index is 1.64. The second-order valence-electron chi connectivity index (χ2n) is 4.91. The molecule has 114 valence electrons. The molecule has 1 aliphatic heterocycles. The van der Waals surface area contributed by atoms with E-state index in [1.54, 1.807) is 17.0 Å². The number of nitrogens with zero attached hydrogens (tertiary/aromatic N) is 1. The Bertz CT molecular complexity index is 507. The zero-order valence-corrected chi connectivity index (χ0v) is 11.8. The van der Waals surface area contributed by atoms with Crippen LogP contribution in [-0.4, -0.2) is 49.6 Å². The SMILES string of the molecule is O=C(CCc1cccc(F)c1)NCCN1CCOCC1=O. The monoisotopic (exact) mass is 294 g/mol. The van der Waals surface area contributed by atoms with Gasteiger partial charge in [-0.2, -0.15) is 0 Å². The normalized spacial score (nSPS) is 15.1. The number of rotatable bonds is 6. The minimum Gasteiger partial charge on any atom is -0.370 e. The van der Waals surface area contributed by atoms with Crippen molar-refractivity contribution in [2.45, 2.75) is 12.8 Å². The van der Waals surface area contributed by atoms with Crippen LogP contribution < -0.4 is 5.32 Å². The second-order valence-corrected chi connectivity index (χ2v) is 4.91. The van der Waals surface area contributed by atoms with Gasteiger partial charge in [0, 0.05) is 26.1 Å². The number of hydrogen-bond donors (Lipinski definition) is 1. The molecule has 0 aliphatic carbocycles. The van der Waals surface area contributed by atoms with Crippen molar-refractivity contribution in [2.75, 3.05) is 32.8 Å². The summed E-state index contributed by atoms with van der Waals surface area (Å²) in [6, 6.07) is 6.23. The molecule has 21 heavy (non-hydrogen) atoms. The Morgan fingerprint density at radius 3 is 3.05 bits per heavy atom. The third-order valence-corrected chi connectivity index (χ3v) is 3.32. The summed E-state index contributed by atoms with van der Waals surface area (Å²) in [5.41, 5.74) is 0.800. The molecule has 1 N–H and O–H groups in total. The number of hydrogen-bond acceptors (Lipinski definition) is 3. The van der Waals surface area contributed by atoms with E-state index in [0.29, 0.717) is 39.1 Å². The molecule has 1 aliphatic rings. The number of carbonyl (C=O) groups is 2. The number of benzene rings is 1. The van der Waals surface area contributed by atoms with Crippen LogP contribution in [0.3, 0.4) is 0 Å². The van der Waals surface area contributed by atoms with Crippen molar-refractivity contribution in [2.24, 2.45) is 0 Å². The first-order chi connectivity index (χ1) is 10.1. The highest BCUT2D eigenvalue weighted by atomic mass is 19.1. The lowest BCUT2D eigenvalue weighted by Crippen LogP contribution is -2.45. The first-order valence-electron chi connectivity index (χ1n) is 7.02. The third-order valence-electron chi connectivity index (χ3n) is 3.32. The van der Waals surface area contributed by atoms with Crippen molar-refractivity contribution >= 4 is 11.8 Å². The van der Waals surface area contributed by atoms with E-state index in [2.05, 4.69) is 5.32 Å². The molecule has 2 amide bonds. The van der Waals surface area contributed by atoms with Crippen molar-refractivity contribution in [3.8, 4) is 0 Å². The molecule has 1 heterocycles. The first-order valence-corrected chi connectivity index (χ1v) is 7.02. The molecular weight excluding hydrogens is 275 g/mol. The minimum absolute atomic E-state index is 0.0461. The number of ether oxygens (including phenoxy) is 1. The van der Waals surface area contributed by atoms with E-state index in [4.69, 9.17) is 4.74 Å². The molecule has 0 aromatic heterocycles. The molecule has 1 aromatic rings. The fourth-order valence-electron chi connectivity index (χ4n) is 2.16. The Morgan fingerprint density at radius 2 is 2.29 bits per heavy atom. The van der Waals surface area contributed by atoms with E-state index in [0.717, 1.165) is 5.56 Å². The van der Waals surface area contributed by atoms with Crippen LogP contribution in [0.25, 0.3) is 0 Å². The lowest BCUT2D eigenvalue weighted by Gasteiger charge is -2.26. The van der Waals surface area contributed by atoms with Crippen LogP contribution in [0, 0.1) is 5.82 Å². The summed E-state index contributed by atoms with van der Waals surface area (Å²) >= 11 is 0. The van der Waals surface area contributed by atoms with Crippen LogP contribution in [0.1, 0.15) is 12.0 Å². The van der Waals surface area contributed by atoms with Gasteiger partial charge in [0.1, 0.15) is 12.4 Å². The van der Waals surface area contributed by atoms with Crippen LogP contribution in [-0.2, 0) is 20.7 Å². The van der Waals surface area contributed by atoms with Gasteiger partial charge in [0.15, 0.2) is 0 Å². The summed E-state index contributed by atoms with van der Waals surface area (Å²) in [4.78, 5) is 24.8. The highest BCUT2D eigenvalue weighted by Crippen LogP contribution is 2.06. The lowest BCUT2D eigenvalue weighted by molar-refractivity contribution is -0.142. The predicted octanol–water partition coefficient (Wildman–Crippen LogP) is 0.733. The zero-order chi connectivity index (χ0) is 15.1. The van der Waals surface area contributed by atoms with Gasteiger partial charge in [-0.05, 0) is 24.1 Å². The summed E-state index contributed by atoms with van der Waals surface area (Å²) < 4.78 is 18.0. The maximum atomic E-state index is 13.0. The molecule has 0 bridgehead atoms. The van der Waals surface area contributed by atoms with Crippen molar-refractivity contribution in [3.05, 3.63) is 35.6 Å². The summed E-state index contributed by atoms with van der Waals surface area (Å²) in [6.45, 7) is 2.15. The highest BCUT2D eigenvalue weighted by Gasteiger charge is 2.17. The van der Waals surface area contributed by atoms with Gasteiger partial charge in [0.25, 0.3) is 0 Å². The molecule has 5 nitrogen and oxygen atoms in total. The fourth-order valence-corrected chi connectivity index (χ4v) is 2.16. The van der Waals surface area contributed by atoms with Crippen LogP contribution in [0.5, 0.6) is 0 Å². The van der Waals surface area contributed by atoms with E-state index in [1.807, 2.05) is 0 Å². The maximum absolute atomic E-state index is 13.0. The predicted molar refractivity (Wildman–Crippen MR) is 75.1 cm³/mol. The van der Waals surface area contributed by atoms with E-state index in [-0.39, 0.29) is 24.2 Å². The lowest BCUT2D eigenvalue weighted by atomic mass is 10.1. The Hall–Kier alpha value is -1.95. The van der Waals surface area contributed by atoms with Gasteiger partial charge in [-0.15, -0.1) is 0 Å². The molecule has 6 heteroatoms. The quantitative estimate of drug-likeness (QED) is 0.841. The molecular formula is C15H19FN2O3. The molecule has 0 atom stereocenters. The van der Waals surface area contributed by atoms with Crippen LogP contribution >= 0.6 is 0 Å². The zero-order valence-electron chi connectivity index (χ0n) is 11.8. The molecule has 2 rings (SSSR count). The van der Waals surface area contributed by atoms with Crippen LogP contribution in [0.4, 0.5) is 4.39 Å². The summed E-state index contributed by atoms with van der Waals surface area (Å²) in [5, 5.41) is 2.77. The van der Waals surface area contributed by atoms with E-state index in [1.165, 1.54) is 12.1 Å². The van der Waals surface area contributed by atoms with Crippen molar-refractivity contribution in [1.82, 2.24) is 10.2 Å². The molecule has 0 radical (unpaired) electrons. The van der Waals surface area contributed by atoms with Crippen molar-refractivity contribution in [1.29, 1.82) is 0 Å². The largest absolute Gasteiger partial charge is 0.370 e. The van der Waals surface area contributed by atoms with Gasteiger partial charge >= 0.3 is 0 Å². The molecule has 1 aromatic carbocycles. The molecule has 1 fully saturated rings. The standard InChI is InChI=1S/C15H19FN2O3/c16-13-3-1-2-12(10-13)4-5-14(19)17-6-7-18-8-9-21-11-15(18)20/h1-3,10H,4-9,11H2,(H,17,19). The molecule has 0 saturated carbocycles. The summed E-state index contributed by atoms with van der Waals surface area (Å²) in [6.07, 6.45) is 0.806. The number of morpholine rings is 1. The molecule has 0 unspecified atom stereocenters. The summed E-state index contributed by atoms with van der Waals surface area (Å²) in [7, 11) is 0. The van der Waals surface area contributed by atoms with Gasteiger partial charge in [-0.25, -0.2) is 4.39 Å². The fraction of sp³-hybridized carbons (Fsp3) is 0.467. The summed E-state index contributed by atoms with van der Waals surface area (Å²) in [5.74, 6) is -0.436. The van der Waals surface area contributed by atoms with Gasteiger partial charge < -0.3 is 15.0 Å². The van der Waals surface area contributed by atoms with Gasteiger partial charge in [0.05, 0.1) is 6.61 Å². The number of amides is 2. The van der Waals surface area contributed by atoms with Crippen LogP contribution in [0.2, 0.25) is 0 Å². The van der Waals surface area contributed by atoms with E-state index < -0.39 is 0 Å². The van der Waals surface area contributed by atoms with Crippen molar-refractivity contribution < 1.29 is 18.7 Å². The Kier molecular flexibility index (Phi) is 5.68. The number of aryl methyl sites for hydroxylation is 1. The molecule has 0 spiro atoms. The Morgan fingerprint density at radius 1 is 1.43 bits per heavy atom. The first kappa shape index (κ1) is 15.4. The van der Waals surface area contributed by atoms with Crippen LogP contribution in [0.15, 0.2) is 24.3 Å². The number of nitrogens with one attached hydrogen (secondary N) is 1. The average Bonchev–Trinajstić information content (AvgIpc) is 2.47. The second kappa shape index (κ2) is 7.73. The van der Waals surface area contributed by atoms with E-state index >= 15 is 0 Å². The van der Waals surface area contributed by atoms with Gasteiger partial charge in [-0.1, -0.05) is 12.1 Å². The van der Waals surface area contributed by atoms with E-state index in [9.17, 15) is 14.0 Å². The highest BCUT2D eigenvalue weighted by molar-refractivity contribution is 5.78. The topological polar surface area (TPSA) is 58.6 Å². The maximum Gasteiger partial charge on any atom is 0.248 e. The van der Waals surface area contributed by atoms with Gasteiger partial charge in [-0.3, -0.25) is 9.59 Å². The number of halogens is 1. The Labute approximate surface area is 123 Å².